The van der Waals surface area contributed by atoms with Crippen molar-refractivity contribution in [1.82, 2.24) is 4.98 Å². The fourth-order valence-corrected chi connectivity index (χ4v) is 3.84. The summed E-state index contributed by atoms with van der Waals surface area (Å²) >= 11 is 0. The lowest BCUT2D eigenvalue weighted by molar-refractivity contribution is -0.137. The lowest BCUT2D eigenvalue weighted by Gasteiger charge is -2.14. The van der Waals surface area contributed by atoms with Crippen LogP contribution in [0.1, 0.15) is 16.7 Å². The van der Waals surface area contributed by atoms with E-state index >= 15 is 0 Å². The molecule has 4 rings (SSSR count). The Morgan fingerprint density at radius 3 is 2.16 bits per heavy atom. The molecule has 0 fully saturated rings. The Kier molecular flexibility index (Phi) is 7.29. The van der Waals surface area contributed by atoms with Crippen molar-refractivity contribution in [3.8, 4) is 0 Å². The van der Waals surface area contributed by atoms with Gasteiger partial charge in [0.25, 0.3) is 0 Å². The maximum absolute atomic E-state index is 13.1. The van der Waals surface area contributed by atoms with E-state index in [9.17, 15) is 22.8 Å². The molecule has 1 aromatic heterocycles. The van der Waals surface area contributed by atoms with E-state index in [0.29, 0.717) is 27.7 Å². The summed E-state index contributed by atoms with van der Waals surface area (Å²) in [6.07, 6.45) is 0.147. The third kappa shape index (κ3) is 6.16. The number of H-pyrrole nitrogens is 1. The molecule has 0 unspecified atom stereocenters. The average Bonchev–Trinajstić information content (AvgIpc) is 2.86. The molecule has 5 nitrogen and oxygen atoms in total. The van der Waals surface area contributed by atoms with Gasteiger partial charge >= 0.3 is 6.18 Å². The smallest absolute Gasteiger partial charge is 0.378 e. The molecule has 37 heavy (non-hydrogen) atoms. The number of hydrogen-bond acceptors (Lipinski definition) is 3. The number of carbonyl (C=O) groups excluding carboxylic acids is 1. The first-order chi connectivity index (χ1) is 17.6. The number of alkyl halides is 3. The highest BCUT2D eigenvalue weighted by Gasteiger charge is 2.30. The second-order valence-corrected chi connectivity index (χ2v) is 8.53. The number of nitrogens with one attached hydrogen (secondary N) is 2. The molecule has 0 radical (unpaired) electrons. The zero-order valence-electron chi connectivity index (χ0n) is 20.1. The van der Waals surface area contributed by atoms with E-state index in [0.717, 1.165) is 23.4 Å². The summed E-state index contributed by atoms with van der Waals surface area (Å²) in [6.45, 7) is 0. The van der Waals surface area contributed by atoms with E-state index in [2.05, 4.69) is 10.3 Å². The molecule has 1 amide bonds. The summed E-state index contributed by atoms with van der Waals surface area (Å²) in [7, 11) is 3.83. The predicted molar refractivity (Wildman–Crippen MR) is 142 cm³/mol. The molecule has 0 saturated carbocycles. The van der Waals surface area contributed by atoms with Crippen LogP contribution in [0.4, 0.5) is 24.5 Å². The van der Waals surface area contributed by atoms with E-state index in [1.807, 2.05) is 43.3 Å². The van der Waals surface area contributed by atoms with Crippen LogP contribution in [0.5, 0.6) is 0 Å². The lowest BCUT2D eigenvalue weighted by atomic mass is 9.96. The van der Waals surface area contributed by atoms with E-state index in [-0.39, 0.29) is 5.56 Å². The molecule has 8 heteroatoms. The van der Waals surface area contributed by atoms with Gasteiger partial charge in [-0.05, 0) is 59.2 Å². The van der Waals surface area contributed by atoms with Crippen LogP contribution in [-0.4, -0.2) is 25.0 Å². The number of rotatable bonds is 6. The van der Waals surface area contributed by atoms with Crippen LogP contribution in [0, 0.1) is 0 Å². The van der Waals surface area contributed by atoms with Crippen molar-refractivity contribution >= 4 is 33.8 Å². The van der Waals surface area contributed by atoms with Crippen LogP contribution in [0.2, 0.25) is 0 Å². The first-order valence-electron chi connectivity index (χ1n) is 11.4. The monoisotopic (exact) mass is 503 g/mol. The predicted octanol–water partition coefficient (Wildman–Crippen LogP) is 6.24. The number of anilines is 2. The molecule has 3 aromatic carbocycles. The van der Waals surface area contributed by atoms with Crippen LogP contribution < -0.4 is 15.8 Å². The number of benzene rings is 3. The molecule has 188 valence electrons. The number of pyridine rings is 1. The maximum atomic E-state index is 13.1. The highest BCUT2D eigenvalue weighted by molar-refractivity contribution is 6.05. The van der Waals surface area contributed by atoms with Crippen LogP contribution in [0.15, 0.2) is 102 Å². The normalized spacial score (nSPS) is 12.2. The molecule has 0 atom stereocenters. The van der Waals surface area contributed by atoms with Gasteiger partial charge in [0.05, 0.1) is 16.8 Å². The molecule has 0 bridgehead atoms. The van der Waals surface area contributed by atoms with Gasteiger partial charge in [-0.3, -0.25) is 9.59 Å². The van der Waals surface area contributed by atoms with Crippen molar-refractivity contribution in [2.45, 2.75) is 6.18 Å². The van der Waals surface area contributed by atoms with Crippen molar-refractivity contribution in [2.75, 3.05) is 24.3 Å². The number of halogens is 3. The summed E-state index contributed by atoms with van der Waals surface area (Å²) in [5.74, 6) is -0.398. The molecule has 0 aliphatic heterocycles. The number of aromatic nitrogens is 1. The summed E-state index contributed by atoms with van der Waals surface area (Å²) in [5, 5.41) is 3.48. The topological polar surface area (TPSA) is 65.2 Å². The van der Waals surface area contributed by atoms with Gasteiger partial charge in [-0.15, -0.1) is 0 Å². The van der Waals surface area contributed by atoms with Gasteiger partial charge in [-0.2, -0.15) is 13.2 Å². The Bertz CT molecular complexity index is 1530. The molecule has 0 aliphatic carbocycles. The quantitative estimate of drug-likeness (QED) is 0.242. The van der Waals surface area contributed by atoms with Gasteiger partial charge in [-0.25, -0.2) is 0 Å². The first-order valence-corrected chi connectivity index (χ1v) is 11.4. The van der Waals surface area contributed by atoms with E-state index in [1.165, 1.54) is 24.3 Å². The summed E-state index contributed by atoms with van der Waals surface area (Å²) in [6, 6.07) is 20.7. The molecule has 4 aromatic rings. The van der Waals surface area contributed by atoms with Crippen molar-refractivity contribution in [3.63, 3.8) is 0 Å². The van der Waals surface area contributed by atoms with Gasteiger partial charge in [-0.1, -0.05) is 42.5 Å². The van der Waals surface area contributed by atoms with E-state index in [1.54, 1.807) is 36.4 Å². The SMILES string of the molecule is CN(C)c1ccc(C(=CC=CC(=O)Nc2cccc3[nH]c(=O)ccc23)c2ccc(C(F)(F)F)cc2)cc1. The fraction of sp³-hybridized carbons (Fsp3) is 0.103. The van der Waals surface area contributed by atoms with E-state index in [4.69, 9.17) is 0 Å². The third-order valence-electron chi connectivity index (χ3n) is 5.75. The van der Waals surface area contributed by atoms with Crippen molar-refractivity contribution in [2.24, 2.45) is 0 Å². The van der Waals surface area contributed by atoms with Crippen LogP contribution in [0.3, 0.4) is 0 Å². The standard InChI is InChI=1S/C29H24F3N3O2/c1-35(2)22-15-11-20(12-16-22)23(19-9-13-21(14-10-19)29(30,31)32)5-3-8-27(36)33-25-6-4-7-26-24(25)17-18-28(37)34-26/h3-18H,1-2H3,(H,33,36)(H,34,37). The molecular formula is C29H24F3N3O2. The summed E-state index contributed by atoms with van der Waals surface area (Å²) < 4.78 is 39.2. The largest absolute Gasteiger partial charge is 0.416 e. The highest BCUT2D eigenvalue weighted by Crippen LogP contribution is 2.32. The van der Waals surface area contributed by atoms with Gasteiger partial charge in [0, 0.05) is 37.3 Å². The van der Waals surface area contributed by atoms with Crippen molar-refractivity contribution in [1.29, 1.82) is 0 Å². The molecule has 0 saturated heterocycles. The van der Waals surface area contributed by atoms with Crippen LogP contribution in [0.25, 0.3) is 16.5 Å². The van der Waals surface area contributed by atoms with Gasteiger partial charge in [0.2, 0.25) is 11.5 Å². The second-order valence-electron chi connectivity index (χ2n) is 8.53. The number of allylic oxidation sites excluding steroid dienone is 2. The van der Waals surface area contributed by atoms with Crippen molar-refractivity contribution in [3.05, 3.63) is 124 Å². The molecular weight excluding hydrogens is 479 g/mol. The average molecular weight is 504 g/mol. The number of aromatic amines is 1. The Morgan fingerprint density at radius 2 is 1.54 bits per heavy atom. The number of nitrogens with zero attached hydrogens (tertiary/aromatic N) is 1. The Hall–Kier alpha value is -4.59. The first kappa shape index (κ1) is 25.5. The van der Waals surface area contributed by atoms with E-state index < -0.39 is 17.6 Å². The number of amides is 1. The minimum absolute atomic E-state index is 0.240. The molecule has 0 spiro atoms. The maximum Gasteiger partial charge on any atom is 0.416 e. The molecule has 0 aliphatic rings. The minimum atomic E-state index is -4.43. The minimum Gasteiger partial charge on any atom is -0.378 e. The zero-order valence-corrected chi connectivity index (χ0v) is 20.1. The van der Waals surface area contributed by atoms with Crippen LogP contribution >= 0.6 is 0 Å². The van der Waals surface area contributed by atoms with Crippen LogP contribution in [-0.2, 0) is 11.0 Å². The zero-order chi connectivity index (χ0) is 26.6. The van der Waals surface area contributed by atoms with Gasteiger partial charge < -0.3 is 15.2 Å². The van der Waals surface area contributed by atoms with Gasteiger partial charge in [0.15, 0.2) is 0 Å². The number of carbonyl (C=O) groups is 1. The Balaban J connectivity index is 1.63. The second kappa shape index (κ2) is 10.6. The lowest BCUT2D eigenvalue weighted by Crippen LogP contribution is -2.09. The summed E-state index contributed by atoms with van der Waals surface area (Å²) in [4.78, 5) is 28.8. The van der Waals surface area contributed by atoms with Gasteiger partial charge in [0.1, 0.15) is 0 Å². The molecule has 2 N–H and O–H groups in total. The Morgan fingerprint density at radius 1 is 0.892 bits per heavy atom. The number of hydrogen-bond donors (Lipinski definition) is 2. The summed E-state index contributed by atoms with van der Waals surface area (Å²) in [5.41, 5.74) is 3.16. The fourth-order valence-electron chi connectivity index (χ4n) is 3.84. The number of fused-ring (bicyclic) bond motifs is 1. The molecule has 1 heterocycles. The van der Waals surface area contributed by atoms with Crippen molar-refractivity contribution < 1.29 is 18.0 Å². The third-order valence-corrected chi connectivity index (χ3v) is 5.75. The Labute approximate surface area is 211 Å². The highest BCUT2D eigenvalue weighted by atomic mass is 19.4.